The van der Waals surface area contributed by atoms with Crippen LogP contribution < -0.4 is 30.1 Å². The number of hydrogen-bond acceptors (Lipinski definition) is 9. The molecule has 152 valence electrons. The van der Waals surface area contributed by atoms with Crippen LogP contribution in [0.2, 0.25) is 0 Å². The highest BCUT2D eigenvalue weighted by Crippen LogP contribution is 2.32. The fourth-order valence-corrected chi connectivity index (χ4v) is 3.15. The summed E-state index contributed by atoms with van der Waals surface area (Å²) in [5.41, 5.74) is 0.0178. The fourth-order valence-electron chi connectivity index (χ4n) is 3.15. The van der Waals surface area contributed by atoms with E-state index in [9.17, 15) is 4.79 Å². The van der Waals surface area contributed by atoms with E-state index in [1.807, 2.05) is 0 Å². The fraction of sp³-hybridized carbons (Fsp3) is 0.350. The lowest BCUT2D eigenvalue weighted by atomic mass is 10.2. The minimum absolute atomic E-state index is 0.260. The maximum atomic E-state index is 11.4. The summed E-state index contributed by atoms with van der Waals surface area (Å²) >= 11 is 0. The number of nitrogens with one attached hydrogen (secondary N) is 1. The van der Waals surface area contributed by atoms with Crippen molar-refractivity contribution in [2.75, 3.05) is 51.4 Å². The van der Waals surface area contributed by atoms with E-state index in [0.29, 0.717) is 23.0 Å². The van der Waals surface area contributed by atoms with Crippen molar-refractivity contribution in [3.05, 3.63) is 47.1 Å². The van der Waals surface area contributed by atoms with Gasteiger partial charge in [-0.25, -0.2) is 14.8 Å². The number of nitrogens with zero attached hydrogens (tertiary/aromatic N) is 3. The highest BCUT2D eigenvalue weighted by molar-refractivity contribution is 5.80. The van der Waals surface area contributed by atoms with E-state index in [1.165, 1.54) is 6.07 Å². The zero-order valence-corrected chi connectivity index (χ0v) is 16.1. The maximum absolute atomic E-state index is 11.4. The first-order valence-electron chi connectivity index (χ1n) is 9.39. The average molecular weight is 398 g/mol. The Bertz CT molecular complexity index is 1030. The SMILES string of the molecule is COc1cc2ccc(=O)oc2cc1OCCOc1nccnc1N1CCNCC1. The number of rotatable bonds is 7. The molecular weight excluding hydrogens is 376 g/mol. The number of anilines is 1. The number of hydrogen-bond donors (Lipinski definition) is 1. The van der Waals surface area contributed by atoms with Crippen LogP contribution in [0, 0.1) is 0 Å². The van der Waals surface area contributed by atoms with Gasteiger partial charge in [-0.05, 0) is 12.1 Å². The predicted octanol–water partition coefficient (Wildman–Crippen LogP) is 1.46. The highest BCUT2D eigenvalue weighted by Gasteiger charge is 2.17. The molecule has 0 unspecified atom stereocenters. The van der Waals surface area contributed by atoms with Crippen LogP contribution in [0.25, 0.3) is 11.0 Å². The first kappa shape index (κ1) is 19.0. The van der Waals surface area contributed by atoms with Gasteiger partial charge in [0.2, 0.25) is 0 Å². The number of aromatic nitrogens is 2. The van der Waals surface area contributed by atoms with Gasteiger partial charge in [-0.3, -0.25) is 0 Å². The molecule has 0 bridgehead atoms. The van der Waals surface area contributed by atoms with Gasteiger partial charge < -0.3 is 28.8 Å². The van der Waals surface area contributed by atoms with E-state index in [1.54, 1.807) is 37.7 Å². The lowest BCUT2D eigenvalue weighted by Gasteiger charge is -2.28. The standard InChI is InChI=1S/C20H22N4O5/c1-26-16-12-14-2-3-18(25)29-15(14)13-17(16)27-10-11-28-20-19(22-4-5-23-20)24-8-6-21-7-9-24/h2-5,12-13,21H,6-11H2,1H3. The number of ether oxygens (including phenoxy) is 3. The molecule has 0 radical (unpaired) electrons. The van der Waals surface area contributed by atoms with Crippen LogP contribution in [-0.4, -0.2) is 56.5 Å². The van der Waals surface area contributed by atoms with Crippen molar-refractivity contribution < 1.29 is 18.6 Å². The van der Waals surface area contributed by atoms with Crippen LogP contribution in [-0.2, 0) is 0 Å². The molecule has 29 heavy (non-hydrogen) atoms. The molecular formula is C20H22N4O5. The van der Waals surface area contributed by atoms with E-state index in [2.05, 4.69) is 20.2 Å². The van der Waals surface area contributed by atoms with Gasteiger partial charge in [0.25, 0.3) is 5.88 Å². The number of methoxy groups -OCH3 is 1. The van der Waals surface area contributed by atoms with Crippen molar-refractivity contribution in [3.63, 3.8) is 0 Å². The average Bonchev–Trinajstić information content (AvgIpc) is 2.77. The van der Waals surface area contributed by atoms with Gasteiger partial charge >= 0.3 is 5.63 Å². The van der Waals surface area contributed by atoms with Crippen LogP contribution in [0.1, 0.15) is 0 Å². The monoisotopic (exact) mass is 398 g/mol. The Balaban J connectivity index is 1.41. The lowest BCUT2D eigenvalue weighted by Crippen LogP contribution is -2.44. The number of benzene rings is 1. The first-order chi connectivity index (χ1) is 14.2. The Morgan fingerprint density at radius 2 is 1.86 bits per heavy atom. The Kier molecular flexibility index (Phi) is 5.76. The Morgan fingerprint density at radius 3 is 2.69 bits per heavy atom. The Hall–Kier alpha value is -3.33. The van der Waals surface area contributed by atoms with E-state index in [4.69, 9.17) is 18.6 Å². The zero-order valence-electron chi connectivity index (χ0n) is 16.1. The smallest absolute Gasteiger partial charge is 0.336 e. The van der Waals surface area contributed by atoms with Gasteiger partial charge in [0, 0.05) is 56.1 Å². The molecule has 0 spiro atoms. The molecule has 1 aliphatic rings. The molecule has 3 heterocycles. The van der Waals surface area contributed by atoms with Crippen molar-refractivity contribution in [2.45, 2.75) is 0 Å². The number of fused-ring (bicyclic) bond motifs is 1. The third kappa shape index (κ3) is 4.40. The summed E-state index contributed by atoms with van der Waals surface area (Å²) < 4.78 is 22.2. The normalized spacial score (nSPS) is 14.0. The summed E-state index contributed by atoms with van der Waals surface area (Å²) in [6, 6.07) is 6.46. The second-order valence-corrected chi connectivity index (χ2v) is 6.41. The second kappa shape index (κ2) is 8.78. The van der Waals surface area contributed by atoms with Gasteiger partial charge in [0.15, 0.2) is 17.3 Å². The zero-order chi connectivity index (χ0) is 20.1. The summed E-state index contributed by atoms with van der Waals surface area (Å²) in [7, 11) is 1.56. The molecule has 3 aromatic rings. The molecule has 9 nitrogen and oxygen atoms in total. The van der Waals surface area contributed by atoms with Crippen molar-refractivity contribution in [1.29, 1.82) is 0 Å². The summed E-state index contributed by atoms with van der Waals surface area (Å²) in [4.78, 5) is 22.3. The third-order valence-electron chi connectivity index (χ3n) is 4.55. The topological polar surface area (TPSA) is 99.0 Å². The summed E-state index contributed by atoms with van der Waals surface area (Å²) in [5.74, 6) is 2.24. The molecule has 1 fully saturated rings. The predicted molar refractivity (Wildman–Crippen MR) is 107 cm³/mol. The minimum atomic E-state index is -0.417. The van der Waals surface area contributed by atoms with Crippen LogP contribution in [0.15, 0.2) is 45.9 Å². The van der Waals surface area contributed by atoms with Crippen LogP contribution in [0.5, 0.6) is 17.4 Å². The van der Waals surface area contributed by atoms with E-state index in [-0.39, 0.29) is 13.2 Å². The molecule has 4 rings (SSSR count). The third-order valence-corrected chi connectivity index (χ3v) is 4.55. The van der Waals surface area contributed by atoms with Gasteiger partial charge in [-0.2, -0.15) is 0 Å². The van der Waals surface area contributed by atoms with Crippen molar-refractivity contribution in [2.24, 2.45) is 0 Å². The minimum Gasteiger partial charge on any atom is -0.493 e. The van der Waals surface area contributed by atoms with Crippen LogP contribution in [0.4, 0.5) is 5.82 Å². The highest BCUT2D eigenvalue weighted by atomic mass is 16.5. The first-order valence-corrected chi connectivity index (χ1v) is 9.39. The molecule has 0 saturated carbocycles. The van der Waals surface area contributed by atoms with Gasteiger partial charge in [-0.1, -0.05) is 0 Å². The molecule has 1 N–H and O–H groups in total. The lowest BCUT2D eigenvalue weighted by molar-refractivity contribution is 0.206. The molecule has 0 aliphatic carbocycles. The Labute approximate surface area is 167 Å². The van der Waals surface area contributed by atoms with E-state index < -0.39 is 5.63 Å². The van der Waals surface area contributed by atoms with Gasteiger partial charge in [-0.15, -0.1) is 0 Å². The summed E-state index contributed by atoms with van der Waals surface area (Å²) in [6.07, 6.45) is 3.27. The van der Waals surface area contributed by atoms with Gasteiger partial charge in [0.05, 0.1) is 7.11 Å². The molecule has 1 saturated heterocycles. The quantitative estimate of drug-likeness (QED) is 0.468. The van der Waals surface area contributed by atoms with Crippen molar-refractivity contribution in [1.82, 2.24) is 15.3 Å². The Morgan fingerprint density at radius 1 is 1.07 bits per heavy atom. The van der Waals surface area contributed by atoms with E-state index >= 15 is 0 Å². The molecule has 9 heteroatoms. The second-order valence-electron chi connectivity index (χ2n) is 6.41. The molecule has 0 amide bonds. The van der Waals surface area contributed by atoms with Crippen molar-refractivity contribution >= 4 is 16.8 Å². The molecule has 1 aliphatic heterocycles. The summed E-state index contributed by atoms with van der Waals surface area (Å²) in [5, 5.41) is 4.07. The molecule has 2 aromatic heterocycles. The molecule has 1 aromatic carbocycles. The van der Waals surface area contributed by atoms with Crippen LogP contribution >= 0.6 is 0 Å². The van der Waals surface area contributed by atoms with Gasteiger partial charge in [0.1, 0.15) is 18.8 Å². The van der Waals surface area contributed by atoms with E-state index in [0.717, 1.165) is 37.4 Å². The van der Waals surface area contributed by atoms with Crippen molar-refractivity contribution in [3.8, 4) is 17.4 Å². The molecule has 0 atom stereocenters. The largest absolute Gasteiger partial charge is 0.493 e. The number of piperazine rings is 1. The van der Waals surface area contributed by atoms with Crippen LogP contribution in [0.3, 0.4) is 0 Å². The summed E-state index contributed by atoms with van der Waals surface area (Å²) in [6.45, 7) is 4.04. The maximum Gasteiger partial charge on any atom is 0.336 e.